The maximum atomic E-state index is 13.0. The van der Waals surface area contributed by atoms with Crippen molar-refractivity contribution in [1.29, 1.82) is 0 Å². The first-order valence-corrected chi connectivity index (χ1v) is 4.66. The molecule has 1 aliphatic rings. The molecule has 6 heteroatoms. The average Bonchev–Trinajstić information content (AvgIpc) is 2.03. The fraction of sp³-hybridized carbons (Fsp3) is 0.429. The van der Waals surface area contributed by atoms with Gasteiger partial charge in [-0.2, -0.15) is 0 Å². The third kappa shape index (κ3) is 1.89. The van der Waals surface area contributed by atoms with Crippen molar-refractivity contribution in [2.45, 2.75) is 10.3 Å². The molecule has 0 spiro atoms. The van der Waals surface area contributed by atoms with Gasteiger partial charge in [0, 0.05) is 0 Å². The van der Waals surface area contributed by atoms with Crippen LogP contribution in [-0.4, -0.2) is 28.4 Å². The Balaban J connectivity index is 2.13. The number of aromatic nitrogens is 2. The summed E-state index contributed by atoms with van der Waals surface area (Å²) in [4.78, 5) is 7.33. The molecule has 0 bridgehead atoms. The zero-order valence-corrected chi connectivity index (χ0v) is 7.55. The molecule has 0 atom stereocenters. The van der Waals surface area contributed by atoms with Gasteiger partial charge in [0.05, 0.1) is 24.7 Å². The summed E-state index contributed by atoms with van der Waals surface area (Å²) in [5, 5.41) is 0.601. The second-order valence-corrected chi connectivity index (χ2v) is 3.95. The Morgan fingerprint density at radius 2 is 2.38 bits per heavy atom. The van der Waals surface area contributed by atoms with Crippen molar-refractivity contribution in [2.75, 3.05) is 18.9 Å². The summed E-state index contributed by atoms with van der Waals surface area (Å²) < 4.78 is 18.0. The average molecular weight is 201 g/mol. The molecule has 0 saturated carbocycles. The van der Waals surface area contributed by atoms with Crippen LogP contribution < -0.4 is 5.73 Å². The first kappa shape index (κ1) is 8.71. The maximum Gasteiger partial charge on any atom is 0.221 e. The number of hydrogen-bond acceptors (Lipinski definition) is 5. The number of nitrogens with two attached hydrogens (primary N) is 1. The van der Waals surface area contributed by atoms with E-state index in [0.717, 1.165) is 6.20 Å². The van der Waals surface area contributed by atoms with Crippen LogP contribution in [0.3, 0.4) is 0 Å². The number of anilines is 1. The summed E-state index contributed by atoms with van der Waals surface area (Å²) in [6, 6.07) is 0. The Labute approximate surface area is 78.7 Å². The monoisotopic (exact) mass is 201 g/mol. The van der Waals surface area contributed by atoms with E-state index in [1.165, 1.54) is 11.8 Å². The molecule has 1 saturated heterocycles. The molecule has 1 aromatic rings. The topological polar surface area (TPSA) is 61.0 Å². The summed E-state index contributed by atoms with van der Waals surface area (Å²) in [5.41, 5.74) is 5.33. The molecular formula is C7H8FN3OS. The van der Waals surface area contributed by atoms with Gasteiger partial charge in [0.1, 0.15) is 5.03 Å². The smallest absolute Gasteiger partial charge is 0.221 e. The van der Waals surface area contributed by atoms with Gasteiger partial charge in [0.2, 0.25) is 5.95 Å². The van der Waals surface area contributed by atoms with Gasteiger partial charge < -0.3 is 10.5 Å². The van der Waals surface area contributed by atoms with E-state index in [1.807, 2.05) is 0 Å². The van der Waals surface area contributed by atoms with E-state index in [0.29, 0.717) is 23.5 Å². The maximum absolute atomic E-state index is 13.0. The van der Waals surface area contributed by atoms with Gasteiger partial charge in [-0.1, -0.05) is 11.8 Å². The molecule has 0 aromatic carbocycles. The first-order chi connectivity index (χ1) is 6.25. The van der Waals surface area contributed by atoms with Crippen LogP contribution >= 0.6 is 11.8 Å². The minimum absolute atomic E-state index is 0.101. The van der Waals surface area contributed by atoms with Gasteiger partial charge in [-0.15, -0.1) is 0 Å². The second kappa shape index (κ2) is 3.47. The zero-order valence-electron chi connectivity index (χ0n) is 6.74. The van der Waals surface area contributed by atoms with Gasteiger partial charge in [-0.05, 0) is 0 Å². The number of thioether (sulfide) groups is 1. The molecule has 4 nitrogen and oxygen atoms in total. The lowest BCUT2D eigenvalue weighted by Gasteiger charge is -2.24. The quantitative estimate of drug-likeness (QED) is 0.713. The second-order valence-electron chi connectivity index (χ2n) is 2.66. The summed E-state index contributed by atoms with van der Waals surface area (Å²) in [6.07, 6.45) is 1.09. The van der Waals surface area contributed by atoms with E-state index < -0.39 is 5.82 Å². The van der Waals surface area contributed by atoms with Crippen molar-refractivity contribution in [1.82, 2.24) is 9.97 Å². The summed E-state index contributed by atoms with van der Waals surface area (Å²) in [5.74, 6) is -0.324. The predicted molar refractivity (Wildman–Crippen MR) is 46.9 cm³/mol. The number of nitrogen functional groups attached to an aromatic ring is 1. The Hall–Kier alpha value is -0.880. The van der Waals surface area contributed by atoms with Crippen LogP contribution in [0.2, 0.25) is 0 Å². The number of hydrogen-bond donors (Lipinski definition) is 1. The SMILES string of the molecule is Nc1ncc(F)c(SC2COC2)n1. The zero-order chi connectivity index (χ0) is 9.26. The van der Waals surface area contributed by atoms with Crippen LogP contribution in [0.1, 0.15) is 0 Å². The Bertz CT molecular complexity index is 319. The fourth-order valence-corrected chi connectivity index (χ4v) is 1.84. The van der Waals surface area contributed by atoms with E-state index in [1.54, 1.807) is 0 Å². The third-order valence-corrected chi connectivity index (χ3v) is 2.73. The number of ether oxygens (including phenoxy) is 1. The van der Waals surface area contributed by atoms with Crippen molar-refractivity contribution in [3.63, 3.8) is 0 Å². The van der Waals surface area contributed by atoms with Gasteiger partial charge in [-0.25, -0.2) is 14.4 Å². The highest BCUT2D eigenvalue weighted by Crippen LogP contribution is 2.28. The number of nitrogens with zero attached hydrogens (tertiary/aromatic N) is 2. The molecule has 2 rings (SSSR count). The molecule has 13 heavy (non-hydrogen) atoms. The highest BCUT2D eigenvalue weighted by molar-refractivity contribution is 8.00. The van der Waals surface area contributed by atoms with E-state index in [-0.39, 0.29) is 5.95 Å². The largest absolute Gasteiger partial charge is 0.379 e. The highest BCUT2D eigenvalue weighted by atomic mass is 32.2. The van der Waals surface area contributed by atoms with Gasteiger partial charge >= 0.3 is 0 Å². The van der Waals surface area contributed by atoms with Crippen LogP contribution in [0.4, 0.5) is 10.3 Å². The molecule has 0 unspecified atom stereocenters. The van der Waals surface area contributed by atoms with Crippen LogP contribution in [0.15, 0.2) is 11.2 Å². The summed E-state index contributed by atoms with van der Waals surface area (Å²) in [7, 11) is 0. The number of halogens is 1. The fourth-order valence-electron chi connectivity index (χ4n) is 0.887. The molecule has 1 aromatic heterocycles. The number of rotatable bonds is 2. The Morgan fingerprint density at radius 1 is 1.62 bits per heavy atom. The predicted octanol–water partition coefficient (Wildman–Crippen LogP) is 0.689. The molecule has 0 aliphatic carbocycles. The van der Waals surface area contributed by atoms with Crippen LogP contribution in [-0.2, 0) is 4.74 Å². The minimum Gasteiger partial charge on any atom is -0.379 e. The van der Waals surface area contributed by atoms with Crippen LogP contribution in [0, 0.1) is 5.82 Å². The van der Waals surface area contributed by atoms with Crippen LogP contribution in [0.25, 0.3) is 0 Å². The Kier molecular flexibility index (Phi) is 2.32. The molecule has 0 radical (unpaired) electrons. The lowest BCUT2D eigenvalue weighted by molar-refractivity contribution is 0.0454. The molecule has 1 aliphatic heterocycles. The first-order valence-electron chi connectivity index (χ1n) is 3.78. The molecule has 70 valence electrons. The van der Waals surface area contributed by atoms with Crippen molar-refractivity contribution in [2.24, 2.45) is 0 Å². The molecule has 0 amide bonds. The van der Waals surface area contributed by atoms with E-state index in [4.69, 9.17) is 10.5 Å². The van der Waals surface area contributed by atoms with Gasteiger partial charge in [0.25, 0.3) is 0 Å². The third-order valence-electron chi connectivity index (χ3n) is 1.62. The van der Waals surface area contributed by atoms with E-state index >= 15 is 0 Å². The van der Waals surface area contributed by atoms with Gasteiger partial charge in [-0.3, -0.25) is 0 Å². The molecule has 2 N–H and O–H groups in total. The van der Waals surface area contributed by atoms with E-state index in [2.05, 4.69) is 9.97 Å². The summed E-state index contributed by atoms with van der Waals surface area (Å²) >= 11 is 1.34. The van der Waals surface area contributed by atoms with Crippen molar-refractivity contribution >= 4 is 17.7 Å². The summed E-state index contributed by atoms with van der Waals surface area (Å²) in [6.45, 7) is 1.29. The lowest BCUT2D eigenvalue weighted by Crippen LogP contribution is -2.30. The lowest BCUT2D eigenvalue weighted by atomic mass is 10.4. The van der Waals surface area contributed by atoms with Crippen LogP contribution in [0.5, 0.6) is 0 Å². The standard InChI is InChI=1S/C7H8FN3OS/c8-5-1-10-7(9)11-6(5)13-4-2-12-3-4/h1,4H,2-3H2,(H2,9,10,11). The molecule has 1 fully saturated rings. The van der Waals surface area contributed by atoms with Crippen molar-refractivity contribution in [3.05, 3.63) is 12.0 Å². The molecular weight excluding hydrogens is 193 g/mol. The van der Waals surface area contributed by atoms with E-state index in [9.17, 15) is 4.39 Å². The van der Waals surface area contributed by atoms with Gasteiger partial charge in [0.15, 0.2) is 5.82 Å². The molecule has 2 heterocycles. The van der Waals surface area contributed by atoms with Crippen molar-refractivity contribution < 1.29 is 9.13 Å². The Morgan fingerprint density at radius 3 is 3.00 bits per heavy atom. The highest BCUT2D eigenvalue weighted by Gasteiger charge is 2.22. The normalized spacial score (nSPS) is 17.0. The minimum atomic E-state index is -0.425. The van der Waals surface area contributed by atoms with Crippen molar-refractivity contribution in [3.8, 4) is 0 Å².